The molecule has 0 radical (unpaired) electrons. The molecule has 118 valence electrons. The molecule has 0 saturated heterocycles. The van der Waals surface area contributed by atoms with Gasteiger partial charge in [-0.2, -0.15) is 0 Å². The third-order valence-corrected chi connectivity index (χ3v) is 5.18. The van der Waals surface area contributed by atoms with Gasteiger partial charge in [0.2, 0.25) is 5.91 Å². The number of fused-ring (bicyclic) bond motifs is 1. The van der Waals surface area contributed by atoms with E-state index in [9.17, 15) is 9.59 Å². The predicted molar refractivity (Wildman–Crippen MR) is 83.5 cm³/mol. The van der Waals surface area contributed by atoms with E-state index in [1.54, 1.807) is 24.3 Å². The molecule has 2 N–H and O–H groups in total. The minimum absolute atomic E-state index is 0.0121. The largest absolute Gasteiger partial charge is 0.481 e. The van der Waals surface area contributed by atoms with E-state index >= 15 is 0 Å². The molecule has 0 heterocycles. The van der Waals surface area contributed by atoms with Crippen LogP contribution < -0.4 is 5.32 Å². The molecular weight excluding hydrogens is 302 g/mol. The Balaban J connectivity index is 1.68. The highest BCUT2D eigenvalue weighted by Crippen LogP contribution is 2.55. The number of carbonyl (C=O) groups is 2. The number of carboxylic acids is 1. The molecule has 3 rings (SSSR count). The second-order valence-electron chi connectivity index (χ2n) is 6.35. The molecule has 1 aromatic rings. The average molecular weight is 322 g/mol. The summed E-state index contributed by atoms with van der Waals surface area (Å²) in [5.41, 5.74) is 0.781. The molecule has 4 nitrogen and oxygen atoms in total. The Labute approximate surface area is 134 Å². The van der Waals surface area contributed by atoms with Crippen molar-refractivity contribution in [1.82, 2.24) is 5.32 Å². The maximum absolute atomic E-state index is 12.5. The maximum Gasteiger partial charge on any atom is 0.305 e. The van der Waals surface area contributed by atoms with Crippen LogP contribution in [0.25, 0.3) is 0 Å². The monoisotopic (exact) mass is 321 g/mol. The van der Waals surface area contributed by atoms with Crippen molar-refractivity contribution < 1.29 is 14.7 Å². The molecule has 2 saturated carbocycles. The Morgan fingerprint density at radius 1 is 1.18 bits per heavy atom. The number of amides is 1. The standard InChI is InChI=1S/C17H20ClNO3/c18-11-7-5-10(6-8-11)14(9-15(20)21)19-17(22)16-12-3-1-2-4-13(12)16/h5-8,12-14,16H,1-4,9H2,(H,19,22)(H,20,21)/t12?,13?,14-,16?/m0/s1. The van der Waals surface area contributed by atoms with Crippen LogP contribution >= 0.6 is 11.6 Å². The molecule has 1 aromatic carbocycles. The summed E-state index contributed by atoms with van der Waals surface area (Å²) in [5, 5.41) is 12.6. The molecule has 0 spiro atoms. The van der Waals surface area contributed by atoms with E-state index in [1.165, 1.54) is 12.8 Å². The first-order valence-corrected chi connectivity index (χ1v) is 8.21. The quantitative estimate of drug-likeness (QED) is 0.873. The van der Waals surface area contributed by atoms with Crippen LogP contribution in [0.3, 0.4) is 0 Å². The first-order chi connectivity index (χ1) is 10.6. The van der Waals surface area contributed by atoms with E-state index in [0.29, 0.717) is 16.9 Å². The lowest BCUT2D eigenvalue weighted by Crippen LogP contribution is -2.32. The molecule has 0 aromatic heterocycles. The lowest BCUT2D eigenvalue weighted by Gasteiger charge is -2.17. The second kappa shape index (κ2) is 6.29. The zero-order valence-corrected chi connectivity index (χ0v) is 13.1. The summed E-state index contributed by atoms with van der Waals surface area (Å²) >= 11 is 5.87. The van der Waals surface area contributed by atoms with Crippen molar-refractivity contribution in [3.05, 3.63) is 34.9 Å². The molecule has 5 heteroatoms. The summed E-state index contributed by atoms with van der Waals surface area (Å²) in [6.45, 7) is 0. The van der Waals surface area contributed by atoms with E-state index < -0.39 is 12.0 Å². The van der Waals surface area contributed by atoms with Crippen molar-refractivity contribution in [3.8, 4) is 0 Å². The van der Waals surface area contributed by atoms with Crippen LogP contribution in [0.1, 0.15) is 43.7 Å². The van der Waals surface area contributed by atoms with Crippen LogP contribution in [-0.4, -0.2) is 17.0 Å². The third-order valence-electron chi connectivity index (χ3n) is 4.93. The molecule has 3 atom stereocenters. The van der Waals surface area contributed by atoms with Gasteiger partial charge >= 0.3 is 5.97 Å². The van der Waals surface area contributed by atoms with Gasteiger partial charge < -0.3 is 10.4 Å². The van der Waals surface area contributed by atoms with Gasteiger partial charge in [-0.25, -0.2) is 0 Å². The van der Waals surface area contributed by atoms with Crippen LogP contribution in [0, 0.1) is 17.8 Å². The van der Waals surface area contributed by atoms with Crippen molar-refractivity contribution in [2.75, 3.05) is 0 Å². The lowest BCUT2D eigenvalue weighted by atomic mass is 10.0. The minimum Gasteiger partial charge on any atom is -0.481 e. The van der Waals surface area contributed by atoms with Crippen molar-refractivity contribution in [3.63, 3.8) is 0 Å². The summed E-state index contributed by atoms with van der Waals surface area (Å²) in [6.07, 6.45) is 4.57. The number of nitrogens with one attached hydrogen (secondary N) is 1. The highest BCUT2D eigenvalue weighted by atomic mass is 35.5. The number of benzene rings is 1. The molecule has 2 aliphatic rings. The zero-order valence-electron chi connectivity index (χ0n) is 12.3. The fourth-order valence-electron chi connectivity index (χ4n) is 3.77. The van der Waals surface area contributed by atoms with Crippen LogP contribution in [0.5, 0.6) is 0 Å². The number of aliphatic carboxylic acids is 1. The highest BCUT2D eigenvalue weighted by Gasteiger charge is 2.54. The zero-order chi connectivity index (χ0) is 15.7. The Morgan fingerprint density at radius 2 is 1.77 bits per heavy atom. The third kappa shape index (κ3) is 3.27. The Morgan fingerprint density at radius 3 is 2.32 bits per heavy atom. The molecule has 2 fully saturated rings. The predicted octanol–water partition coefficient (Wildman–Crippen LogP) is 3.41. The molecular formula is C17H20ClNO3. The van der Waals surface area contributed by atoms with Crippen molar-refractivity contribution >= 4 is 23.5 Å². The number of hydrogen-bond donors (Lipinski definition) is 2. The fraction of sp³-hybridized carbons (Fsp3) is 0.529. The Hall–Kier alpha value is -1.55. The van der Waals surface area contributed by atoms with E-state index in [-0.39, 0.29) is 18.2 Å². The Bertz CT molecular complexity index is 560. The van der Waals surface area contributed by atoms with Gasteiger partial charge in [-0.3, -0.25) is 9.59 Å². The van der Waals surface area contributed by atoms with E-state index in [1.807, 2.05) is 0 Å². The van der Waals surface area contributed by atoms with Gasteiger partial charge in [0.1, 0.15) is 0 Å². The Kier molecular flexibility index (Phi) is 4.39. The summed E-state index contributed by atoms with van der Waals surface area (Å²) < 4.78 is 0. The molecule has 22 heavy (non-hydrogen) atoms. The van der Waals surface area contributed by atoms with Gasteiger partial charge in [0, 0.05) is 10.9 Å². The molecule has 1 amide bonds. The van der Waals surface area contributed by atoms with E-state index in [4.69, 9.17) is 16.7 Å². The number of carboxylic acid groups (broad SMARTS) is 1. The van der Waals surface area contributed by atoms with Gasteiger partial charge in [-0.1, -0.05) is 36.6 Å². The maximum atomic E-state index is 12.5. The highest BCUT2D eigenvalue weighted by molar-refractivity contribution is 6.30. The van der Waals surface area contributed by atoms with Gasteiger partial charge in [-0.05, 0) is 42.4 Å². The van der Waals surface area contributed by atoms with Gasteiger partial charge in [0.05, 0.1) is 12.5 Å². The summed E-state index contributed by atoms with van der Waals surface area (Å²) in [6, 6.07) is 6.49. The number of hydrogen-bond acceptors (Lipinski definition) is 2. The van der Waals surface area contributed by atoms with Gasteiger partial charge in [-0.15, -0.1) is 0 Å². The summed E-state index contributed by atoms with van der Waals surface area (Å²) in [4.78, 5) is 23.6. The molecule has 2 aliphatic carbocycles. The molecule has 0 bridgehead atoms. The van der Waals surface area contributed by atoms with E-state index in [0.717, 1.165) is 18.4 Å². The van der Waals surface area contributed by atoms with Gasteiger partial charge in [0.15, 0.2) is 0 Å². The van der Waals surface area contributed by atoms with Crippen LogP contribution in [0.15, 0.2) is 24.3 Å². The van der Waals surface area contributed by atoms with Crippen LogP contribution in [0.4, 0.5) is 0 Å². The van der Waals surface area contributed by atoms with E-state index in [2.05, 4.69) is 5.32 Å². The molecule has 2 unspecified atom stereocenters. The van der Waals surface area contributed by atoms with Crippen LogP contribution in [-0.2, 0) is 9.59 Å². The van der Waals surface area contributed by atoms with Crippen molar-refractivity contribution in [2.24, 2.45) is 17.8 Å². The molecule has 0 aliphatic heterocycles. The summed E-state index contributed by atoms with van der Waals surface area (Å²) in [7, 11) is 0. The summed E-state index contributed by atoms with van der Waals surface area (Å²) in [5.74, 6) is 0.214. The SMILES string of the molecule is O=C(O)C[C@H](NC(=O)C1C2CCCCC21)c1ccc(Cl)cc1. The average Bonchev–Trinajstić information content (AvgIpc) is 3.21. The first-order valence-electron chi connectivity index (χ1n) is 7.84. The number of carbonyl (C=O) groups excluding carboxylic acids is 1. The van der Waals surface area contributed by atoms with Crippen LogP contribution in [0.2, 0.25) is 5.02 Å². The number of halogens is 1. The lowest BCUT2D eigenvalue weighted by molar-refractivity contribution is -0.137. The minimum atomic E-state index is -0.923. The second-order valence-corrected chi connectivity index (χ2v) is 6.78. The fourth-order valence-corrected chi connectivity index (χ4v) is 3.90. The van der Waals surface area contributed by atoms with Crippen molar-refractivity contribution in [2.45, 2.75) is 38.1 Å². The van der Waals surface area contributed by atoms with Crippen molar-refractivity contribution in [1.29, 1.82) is 0 Å². The smallest absolute Gasteiger partial charge is 0.305 e. The van der Waals surface area contributed by atoms with Gasteiger partial charge in [0.25, 0.3) is 0 Å². The first kappa shape index (κ1) is 15.3. The number of rotatable bonds is 5. The normalized spacial score (nSPS) is 27.6. The topological polar surface area (TPSA) is 66.4 Å².